The summed E-state index contributed by atoms with van der Waals surface area (Å²) in [6, 6.07) is 10.9. The van der Waals surface area contributed by atoms with Gasteiger partial charge in [-0.25, -0.2) is 4.98 Å². The van der Waals surface area contributed by atoms with Gasteiger partial charge in [-0.2, -0.15) is 13.2 Å². The van der Waals surface area contributed by atoms with Crippen LogP contribution in [0.15, 0.2) is 53.3 Å². The van der Waals surface area contributed by atoms with Gasteiger partial charge in [0.15, 0.2) is 0 Å². The summed E-state index contributed by atoms with van der Waals surface area (Å²) in [6.45, 7) is 0.822. The van der Waals surface area contributed by atoms with Gasteiger partial charge < -0.3 is 15.2 Å². The number of amides is 1. The largest absolute Gasteiger partial charge is 0.495 e. The molecule has 2 aromatic carbocycles. The Bertz CT molecular complexity index is 1210. The maximum Gasteiger partial charge on any atom is 0.416 e. The predicted octanol–water partition coefficient (Wildman–Crippen LogP) is 3.42. The molecule has 0 spiro atoms. The minimum absolute atomic E-state index is 0.0269. The zero-order valence-electron chi connectivity index (χ0n) is 17.9. The molecule has 0 saturated heterocycles. The Balaban J connectivity index is 2.04. The average Bonchev–Trinajstić information content (AvgIpc) is 2.78. The summed E-state index contributed by atoms with van der Waals surface area (Å²) in [5.74, 6) is -0.0948. The van der Waals surface area contributed by atoms with Gasteiger partial charge in [-0.15, -0.1) is 0 Å². The maximum atomic E-state index is 13.1. The van der Waals surface area contributed by atoms with Crippen LogP contribution >= 0.6 is 0 Å². The lowest BCUT2D eigenvalue weighted by atomic mass is 10.1. The number of para-hydroxylation sites is 2. The molecule has 0 aliphatic heterocycles. The van der Waals surface area contributed by atoms with Crippen LogP contribution < -0.4 is 15.6 Å². The molecule has 0 radical (unpaired) electrons. The summed E-state index contributed by atoms with van der Waals surface area (Å²) in [5, 5.41) is 12.0. The van der Waals surface area contributed by atoms with Crippen molar-refractivity contribution in [2.24, 2.45) is 0 Å². The molecule has 1 heterocycles. The van der Waals surface area contributed by atoms with Crippen LogP contribution in [0.4, 0.5) is 18.9 Å². The average molecular weight is 461 g/mol. The zero-order chi connectivity index (χ0) is 24.2. The number of rotatable bonds is 7. The Morgan fingerprint density at radius 3 is 2.42 bits per heavy atom. The first-order chi connectivity index (χ1) is 15.7. The maximum absolute atomic E-state index is 13.1. The SMILES string of the molecule is COc1ccccc1NC(=O)Cn1c(-c2ccc(C(F)(F)F)cc2)nc(C)c(CCO)c1=O. The van der Waals surface area contributed by atoms with Crippen molar-refractivity contribution in [3.8, 4) is 17.1 Å². The van der Waals surface area contributed by atoms with Crippen molar-refractivity contribution in [3.05, 3.63) is 75.7 Å². The number of halogens is 3. The van der Waals surface area contributed by atoms with Crippen LogP contribution in [0.1, 0.15) is 16.8 Å². The highest BCUT2D eigenvalue weighted by Crippen LogP contribution is 2.30. The molecule has 1 amide bonds. The van der Waals surface area contributed by atoms with E-state index in [1.165, 1.54) is 19.2 Å². The molecule has 3 rings (SSSR count). The molecule has 174 valence electrons. The van der Waals surface area contributed by atoms with Crippen molar-refractivity contribution in [1.82, 2.24) is 9.55 Å². The van der Waals surface area contributed by atoms with Crippen molar-refractivity contribution < 1.29 is 27.8 Å². The van der Waals surface area contributed by atoms with Gasteiger partial charge in [0.05, 0.1) is 18.4 Å². The molecular formula is C23H22F3N3O4. The summed E-state index contributed by atoms with van der Waals surface area (Å²) in [5.41, 5.74) is -0.221. The number of anilines is 1. The molecule has 0 unspecified atom stereocenters. The fraction of sp³-hybridized carbons (Fsp3) is 0.261. The van der Waals surface area contributed by atoms with Gasteiger partial charge in [-0.1, -0.05) is 24.3 Å². The summed E-state index contributed by atoms with van der Waals surface area (Å²) in [6.07, 6.45) is -4.49. The quantitative estimate of drug-likeness (QED) is 0.563. The van der Waals surface area contributed by atoms with E-state index in [9.17, 15) is 27.9 Å². The summed E-state index contributed by atoms with van der Waals surface area (Å²) >= 11 is 0. The van der Waals surface area contributed by atoms with Gasteiger partial charge in [0, 0.05) is 29.8 Å². The van der Waals surface area contributed by atoms with Gasteiger partial charge in [0.25, 0.3) is 5.56 Å². The number of hydrogen-bond donors (Lipinski definition) is 2. The van der Waals surface area contributed by atoms with Gasteiger partial charge in [0.1, 0.15) is 18.1 Å². The molecule has 0 atom stereocenters. The Morgan fingerprint density at radius 2 is 1.82 bits per heavy atom. The Labute approximate surface area is 187 Å². The third kappa shape index (κ3) is 5.40. The highest BCUT2D eigenvalue weighted by atomic mass is 19.4. The number of aryl methyl sites for hydroxylation is 1. The topological polar surface area (TPSA) is 93.4 Å². The molecule has 0 saturated carbocycles. The number of benzene rings is 2. The Morgan fingerprint density at radius 1 is 1.15 bits per heavy atom. The molecule has 0 aliphatic carbocycles. The number of aliphatic hydroxyl groups is 1. The monoisotopic (exact) mass is 461 g/mol. The van der Waals surface area contributed by atoms with E-state index in [1.807, 2.05) is 0 Å². The van der Waals surface area contributed by atoms with Gasteiger partial charge >= 0.3 is 6.18 Å². The first-order valence-corrected chi connectivity index (χ1v) is 9.97. The summed E-state index contributed by atoms with van der Waals surface area (Å²) in [7, 11) is 1.45. The molecular weight excluding hydrogens is 439 g/mol. The molecule has 3 aromatic rings. The van der Waals surface area contributed by atoms with E-state index in [-0.39, 0.29) is 30.0 Å². The minimum atomic E-state index is -4.51. The van der Waals surface area contributed by atoms with Crippen molar-refractivity contribution in [3.63, 3.8) is 0 Å². The number of carbonyl (C=O) groups excluding carboxylic acids is 1. The second-order valence-corrected chi connectivity index (χ2v) is 7.19. The van der Waals surface area contributed by atoms with Gasteiger partial charge in [-0.3, -0.25) is 14.2 Å². The molecule has 2 N–H and O–H groups in total. The number of aromatic nitrogens is 2. The molecule has 1 aromatic heterocycles. The number of alkyl halides is 3. The standard InChI is InChI=1S/C23H22F3N3O4/c1-14-17(11-12-30)22(32)29(13-20(31)28-18-5-3-4-6-19(18)33-2)21(27-14)15-7-9-16(10-8-15)23(24,25)26/h3-10,30H,11-13H2,1-2H3,(H,28,31). The molecule has 0 bridgehead atoms. The second-order valence-electron chi connectivity index (χ2n) is 7.19. The molecule has 0 aliphatic rings. The van der Waals surface area contributed by atoms with E-state index in [0.29, 0.717) is 17.1 Å². The van der Waals surface area contributed by atoms with E-state index in [4.69, 9.17) is 4.74 Å². The second kappa shape index (κ2) is 9.86. The number of nitrogens with zero attached hydrogens (tertiary/aromatic N) is 2. The van der Waals surface area contributed by atoms with E-state index in [2.05, 4.69) is 10.3 Å². The minimum Gasteiger partial charge on any atom is -0.495 e. The molecule has 33 heavy (non-hydrogen) atoms. The van der Waals surface area contributed by atoms with Crippen molar-refractivity contribution in [2.75, 3.05) is 19.0 Å². The van der Waals surface area contributed by atoms with E-state index < -0.39 is 29.8 Å². The number of ether oxygens (including phenoxy) is 1. The van der Waals surface area contributed by atoms with Crippen LogP contribution in [0.5, 0.6) is 5.75 Å². The van der Waals surface area contributed by atoms with E-state index in [1.54, 1.807) is 31.2 Å². The number of methoxy groups -OCH3 is 1. The number of nitrogens with one attached hydrogen (secondary N) is 1. The summed E-state index contributed by atoms with van der Waals surface area (Å²) < 4.78 is 45.1. The van der Waals surface area contributed by atoms with E-state index >= 15 is 0 Å². The van der Waals surface area contributed by atoms with Crippen LogP contribution in [0.3, 0.4) is 0 Å². The van der Waals surface area contributed by atoms with Gasteiger partial charge in [-0.05, 0) is 31.2 Å². The predicted molar refractivity (Wildman–Crippen MR) is 116 cm³/mol. The lowest BCUT2D eigenvalue weighted by molar-refractivity contribution is -0.137. The summed E-state index contributed by atoms with van der Waals surface area (Å²) in [4.78, 5) is 30.3. The number of aliphatic hydroxyl groups excluding tert-OH is 1. The van der Waals surface area contributed by atoms with Crippen molar-refractivity contribution >= 4 is 11.6 Å². The normalized spacial score (nSPS) is 11.3. The Kier molecular flexibility index (Phi) is 7.17. The van der Waals surface area contributed by atoms with E-state index in [0.717, 1.165) is 16.7 Å². The highest BCUT2D eigenvalue weighted by Gasteiger charge is 2.30. The third-order valence-corrected chi connectivity index (χ3v) is 4.98. The first kappa shape index (κ1) is 24.0. The third-order valence-electron chi connectivity index (χ3n) is 4.98. The lowest BCUT2D eigenvalue weighted by Gasteiger charge is -2.17. The number of hydrogen-bond acceptors (Lipinski definition) is 5. The van der Waals surface area contributed by atoms with Gasteiger partial charge in [0.2, 0.25) is 5.91 Å². The fourth-order valence-electron chi connectivity index (χ4n) is 3.36. The van der Waals surface area contributed by atoms with Crippen LogP contribution in [-0.4, -0.2) is 34.3 Å². The van der Waals surface area contributed by atoms with Crippen LogP contribution in [0, 0.1) is 6.92 Å². The fourth-order valence-corrected chi connectivity index (χ4v) is 3.36. The lowest BCUT2D eigenvalue weighted by Crippen LogP contribution is -2.33. The zero-order valence-corrected chi connectivity index (χ0v) is 17.9. The molecule has 0 fully saturated rings. The molecule has 7 nitrogen and oxygen atoms in total. The van der Waals surface area contributed by atoms with Crippen LogP contribution in [0.25, 0.3) is 11.4 Å². The Hall–Kier alpha value is -3.66. The number of carbonyl (C=O) groups is 1. The van der Waals surface area contributed by atoms with Crippen molar-refractivity contribution in [1.29, 1.82) is 0 Å². The molecule has 10 heteroatoms. The van der Waals surface area contributed by atoms with Crippen LogP contribution in [-0.2, 0) is 23.9 Å². The van der Waals surface area contributed by atoms with Crippen LogP contribution in [0.2, 0.25) is 0 Å². The smallest absolute Gasteiger partial charge is 0.416 e. The first-order valence-electron chi connectivity index (χ1n) is 9.97. The van der Waals surface area contributed by atoms with Crippen molar-refractivity contribution in [2.45, 2.75) is 26.1 Å². The highest BCUT2D eigenvalue weighted by molar-refractivity contribution is 5.92.